The monoisotopic (exact) mass is 697 g/mol. The molecular weight excluding hydrogens is 649 g/mol. The number of benzene rings is 2. The number of alkyl halides is 5. The van der Waals surface area contributed by atoms with Crippen molar-refractivity contribution in [2.24, 2.45) is 10.8 Å². The second kappa shape index (κ2) is 14.4. The van der Waals surface area contributed by atoms with Crippen molar-refractivity contribution in [3.63, 3.8) is 0 Å². The maximum Gasteiger partial charge on any atom is 0.401 e. The number of amides is 1. The predicted molar refractivity (Wildman–Crippen MR) is 175 cm³/mol. The summed E-state index contributed by atoms with van der Waals surface area (Å²) < 4.78 is 83.3. The summed E-state index contributed by atoms with van der Waals surface area (Å²) >= 11 is 0. The van der Waals surface area contributed by atoms with Crippen LogP contribution in [-0.4, -0.2) is 92.9 Å². The van der Waals surface area contributed by atoms with Crippen LogP contribution in [0.4, 0.5) is 22.0 Å². The topological polar surface area (TPSA) is 91.3 Å². The summed E-state index contributed by atoms with van der Waals surface area (Å²) in [6.45, 7) is 2.39. The van der Waals surface area contributed by atoms with Crippen LogP contribution in [0, 0.1) is 10.8 Å². The largest absolute Gasteiger partial charge is 0.496 e. The molecule has 272 valence electrons. The summed E-state index contributed by atoms with van der Waals surface area (Å²) in [6, 6.07) is 7.87. The summed E-state index contributed by atoms with van der Waals surface area (Å²) in [4.78, 5) is 29.5. The Bertz CT molecular complexity index is 1510. The van der Waals surface area contributed by atoms with E-state index in [1.165, 1.54) is 20.8 Å². The minimum absolute atomic E-state index is 0.129. The maximum atomic E-state index is 16.2. The standard InChI is InChI=1S/C36H48F5N3O5/c1-33(2,3)36(40,41)34(15-17-44(18-16-34)21-35(37,38)39)32(47)42-27(31(45)46)19-22-9-8-10-25-24(22)12-13-26(25)29-28(48-6)14-11-23(20-43(4)5)30(29)49-7/h8-11,14,26-27H,12-13,15-21H2,1-7H3,(H,42,47)(H,45,46)/t26?,27-/m0/s1. The van der Waals surface area contributed by atoms with E-state index in [4.69, 9.17) is 9.47 Å². The number of piperidine rings is 1. The zero-order valence-electron chi connectivity index (χ0n) is 29.3. The number of halogens is 5. The summed E-state index contributed by atoms with van der Waals surface area (Å²) in [7, 11) is 7.12. The second-order valence-corrected chi connectivity index (χ2v) is 14.6. The molecule has 0 spiro atoms. The fraction of sp³-hybridized carbons (Fsp3) is 0.611. The van der Waals surface area contributed by atoms with E-state index < -0.39 is 60.2 Å². The summed E-state index contributed by atoms with van der Waals surface area (Å²) in [5, 5.41) is 12.7. The minimum atomic E-state index is -4.52. The Hall–Kier alpha value is -3.45. The van der Waals surface area contributed by atoms with Gasteiger partial charge in [0.2, 0.25) is 5.91 Å². The molecule has 0 radical (unpaired) electrons. The molecule has 1 aliphatic heterocycles. The van der Waals surface area contributed by atoms with E-state index >= 15 is 8.78 Å². The Kier molecular flexibility index (Phi) is 11.3. The van der Waals surface area contributed by atoms with Gasteiger partial charge in [0.15, 0.2) is 0 Å². The van der Waals surface area contributed by atoms with Gasteiger partial charge in [-0.15, -0.1) is 0 Å². The Labute approximate surface area is 284 Å². The van der Waals surface area contributed by atoms with Crippen LogP contribution < -0.4 is 14.8 Å². The number of nitrogens with zero attached hydrogens (tertiary/aromatic N) is 2. The lowest BCUT2D eigenvalue weighted by molar-refractivity contribution is -0.215. The van der Waals surface area contributed by atoms with Gasteiger partial charge in [-0.1, -0.05) is 45.0 Å². The van der Waals surface area contributed by atoms with E-state index in [1.54, 1.807) is 20.3 Å². The number of carbonyl (C=O) groups excluding carboxylic acids is 1. The quantitative estimate of drug-likeness (QED) is 0.253. The smallest absolute Gasteiger partial charge is 0.401 e. The maximum absolute atomic E-state index is 16.2. The van der Waals surface area contributed by atoms with Gasteiger partial charge in [0.05, 0.1) is 20.8 Å². The lowest BCUT2D eigenvalue weighted by Gasteiger charge is -2.49. The average molecular weight is 698 g/mol. The molecule has 2 atom stereocenters. The molecule has 2 aliphatic rings. The van der Waals surface area contributed by atoms with Gasteiger partial charge in [0, 0.05) is 35.4 Å². The minimum Gasteiger partial charge on any atom is -0.496 e. The fourth-order valence-corrected chi connectivity index (χ4v) is 7.53. The highest BCUT2D eigenvalue weighted by atomic mass is 19.4. The van der Waals surface area contributed by atoms with E-state index in [0.717, 1.165) is 27.2 Å². The number of ether oxygens (including phenoxy) is 2. The highest BCUT2D eigenvalue weighted by Crippen LogP contribution is 2.54. The van der Waals surface area contributed by atoms with E-state index in [2.05, 4.69) is 5.32 Å². The SMILES string of the molecule is COc1ccc(CN(C)C)c(OC)c1C1CCc2c(C[C@H](NC(=O)C3(C(F)(F)C(C)(C)C)CCN(CC(F)(F)F)CC3)C(=O)O)cccc21. The van der Waals surface area contributed by atoms with Gasteiger partial charge in [0.25, 0.3) is 5.92 Å². The number of carbonyl (C=O) groups is 2. The Morgan fingerprint density at radius 2 is 1.67 bits per heavy atom. The number of hydrogen-bond acceptors (Lipinski definition) is 6. The zero-order chi connectivity index (χ0) is 36.5. The van der Waals surface area contributed by atoms with Gasteiger partial charge in [-0.3, -0.25) is 9.69 Å². The van der Waals surface area contributed by atoms with Crippen LogP contribution in [0.5, 0.6) is 11.5 Å². The summed E-state index contributed by atoms with van der Waals surface area (Å²) in [5.41, 5.74) is 0.265. The van der Waals surface area contributed by atoms with Crippen LogP contribution in [-0.2, 0) is 29.0 Å². The molecule has 8 nitrogen and oxygen atoms in total. The third kappa shape index (κ3) is 7.82. The van der Waals surface area contributed by atoms with Crippen LogP contribution in [0.15, 0.2) is 30.3 Å². The molecule has 1 saturated heterocycles. The van der Waals surface area contributed by atoms with Gasteiger partial charge in [-0.25, -0.2) is 13.6 Å². The first-order valence-corrected chi connectivity index (χ1v) is 16.5. The number of methoxy groups -OCH3 is 2. The number of hydrogen-bond donors (Lipinski definition) is 2. The molecule has 1 aliphatic carbocycles. The van der Waals surface area contributed by atoms with E-state index in [0.29, 0.717) is 36.4 Å². The Morgan fingerprint density at radius 1 is 1.02 bits per heavy atom. The van der Waals surface area contributed by atoms with Crippen molar-refractivity contribution < 1.29 is 46.1 Å². The summed E-state index contributed by atoms with van der Waals surface area (Å²) in [6.07, 6.45) is -4.51. The van der Waals surface area contributed by atoms with Crippen molar-refractivity contribution in [2.75, 3.05) is 47.9 Å². The van der Waals surface area contributed by atoms with E-state index in [-0.39, 0.29) is 25.4 Å². The van der Waals surface area contributed by atoms with Crippen LogP contribution >= 0.6 is 0 Å². The molecule has 4 rings (SSSR count). The second-order valence-electron chi connectivity index (χ2n) is 14.6. The average Bonchev–Trinajstić information content (AvgIpc) is 3.43. The third-order valence-corrected chi connectivity index (χ3v) is 9.98. The molecule has 1 heterocycles. The number of carboxylic acid groups (broad SMARTS) is 1. The molecular formula is C36H48F5N3O5. The molecule has 2 aromatic carbocycles. The van der Waals surface area contributed by atoms with Crippen molar-refractivity contribution >= 4 is 11.9 Å². The fourth-order valence-electron chi connectivity index (χ4n) is 7.53. The first-order chi connectivity index (χ1) is 22.8. The van der Waals surface area contributed by atoms with E-state index in [1.807, 2.05) is 43.3 Å². The van der Waals surface area contributed by atoms with Crippen LogP contribution in [0.25, 0.3) is 0 Å². The molecule has 0 aromatic heterocycles. The summed E-state index contributed by atoms with van der Waals surface area (Å²) in [5.74, 6) is -4.98. The Balaban J connectivity index is 1.66. The number of rotatable bonds is 12. The van der Waals surface area contributed by atoms with Crippen molar-refractivity contribution in [1.82, 2.24) is 15.1 Å². The van der Waals surface area contributed by atoms with Crippen LogP contribution in [0.2, 0.25) is 0 Å². The zero-order valence-corrected chi connectivity index (χ0v) is 29.3. The molecule has 1 fully saturated rings. The van der Waals surface area contributed by atoms with Crippen molar-refractivity contribution in [3.05, 3.63) is 58.1 Å². The van der Waals surface area contributed by atoms with Gasteiger partial charge in [0.1, 0.15) is 23.0 Å². The van der Waals surface area contributed by atoms with Gasteiger partial charge in [-0.2, -0.15) is 13.2 Å². The predicted octanol–water partition coefficient (Wildman–Crippen LogP) is 6.28. The van der Waals surface area contributed by atoms with Crippen LogP contribution in [0.1, 0.15) is 73.8 Å². The molecule has 0 bridgehead atoms. The van der Waals surface area contributed by atoms with Crippen molar-refractivity contribution in [2.45, 2.75) is 83.5 Å². The number of nitrogens with one attached hydrogen (secondary N) is 1. The number of carboxylic acids is 1. The van der Waals surface area contributed by atoms with Gasteiger partial charge in [-0.05, 0) is 75.6 Å². The highest BCUT2D eigenvalue weighted by molar-refractivity contribution is 5.88. The molecule has 13 heteroatoms. The molecule has 1 unspecified atom stereocenters. The molecule has 0 saturated carbocycles. The van der Waals surface area contributed by atoms with Gasteiger partial charge >= 0.3 is 12.1 Å². The van der Waals surface area contributed by atoms with E-state index in [9.17, 15) is 27.9 Å². The lowest BCUT2D eigenvalue weighted by atomic mass is 9.64. The number of aliphatic carboxylic acids is 1. The lowest BCUT2D eigenvalue weighted by Crippen LogP contribution is -2.63. The molecule has 2 aromatic rings. The Morgan fingerprint density at radius 3 is 2.20 bits per heavy atom. The molecule has 49 heavy (non-hydrogen) atoms. The number of likely N-dealkylation sites (tertiary alicyclic amines) is 1. The first-order valence-electron chi connectivity index (χ1n) is 16.5. The number of fused-ring (bicyclic) bond motifs is 1. The van der Waals surface area contributed by atoms with Crippen LogP contribution in [0.3, 0.4) is 0 Å². The molecule has 1 amide bonds. The first kappa shape index (κ1) is 38.4. The highest BCUT2D eigenvalue weighted by Gasteiger charge is 2.65. The van der Waals surface area contributed by atoms with Crippen molar-refractivity contribution in [1.29, 1.82) is 0 Å². The third-order valence-electron chi connectivity index (χ3n) is 9.98. The van der Waals surface area contributed by atoms with Crippen molar-refractivity contribution in [3.8, 4) is 11.5 Å². The normalized spacial score (nSPS) is 19.0. The molecule has 2 N–H and O–H groups in total. The van der Waals surface area contributed by atoms with Gasteiger partial charge < -0.3 is 24.8 Å².